The van der Waals surface area contributed by atoms with E-state index in [2.05, 4.69) is 29.9 Å². The minimum absolute atomic E-state index is 0.338. The average Bonchev–Trinajstić information content (AvgIpc) is 3.31. The second kappa shape index (κ2) is 6.65. The largest absolute Gasteiger partial charge is 0.342 e. The summed E-state index contributed by atoms with van der Waals surface area (Å²) in [6.07, 6.45) is 4.76. The van der Waals surface area contributed by atoms with Crippen molar-refractivity contribution in [1.82, 2.24) is 24.4 Å². The zero-order valence-electron chi connectivity index (χ0n) is 16.1. The Morgan fingerprint density at radius 2 is 2.03 bits per heavy atom. The number of fused-ring (bicyclic) bond motifs is 2. The van der Waals surface area contributed by atoms with Gasteiger partial charge in [0.1, 0.15) is 24.0 Å². The lowest BCUT2D eigenvalue weighted by molar-refractivity contribution is 0.348. The molecule has 5 rings (SSSR count). The molecule has 0 saturated carbocycles. The van der Waals surface area contributed by atoms with Crippen molar-refractivity contribution < 1.29 is 8.87 Å². The molecule has 6 nitrogen and oxygen atoms in total. The Morgan fingerprint density at radius 1 is 1.17 bits per heavy atom. The average molecular weight is 394 g/mol. The van der Waals surface area contributed by atoms with Crippen molar-refractivity contribution in [3.05, 3.63) is 77.5 Å². The predicted molar refractivity (Wildman–Crippen MR) is 105 cm³/mol. The molecule has 0 unspecified atom stereocenters. The van der Waals surface area contributed by atoms with Crippen LogP contribution in [-0.2, 0) is 6.42 Å². The summed E-state index contributed by atoms with van der Waals surface area (Å²) < 4.78 is 29.5. The molecular weight excluding hydrogens is 374 g/mol. The van der Waals surface area contributed by atoms with E-state index in [-0.39, 0.29) is 0 Å². The number of imidazole rings is 1. The van der Waals surface area contributed by atoms with Crippen LogP contribution in [0.2, 0.25) is 0 Å². The molecule has 0 radical (unpaired) electrons. The lowest BCUT2D eigenvalue weighted by atomic mass is 9.98. The van der Waals surface area contributed by atoms with E-state index in [1.807, 2.05) is 27.7 Å². The summed E-state index contributed by atoms with van der Waals surface area (Å²) in [5, 5.41) is 4.78. The standard InChI is InChI=1S/C21H20F2N6/c1-13(2)15-4-3-8-29-18(15)10-16(26-29)21-20-17(28(23)12-25-20)7-9-27(21)19-6-5-14(22)11-24-19/h3-6,8,10-13,21H,7,9H2,1-2H3/t21-/m1/s1. The molecule has 0 bridgehead atoms. The highest BCUT2D eigenvalue weighted by Gasteiger charge is 2.35. The number of nitrogens with zero attached hydrogens (tertiary/aromatic N) is 6. The molecule has 0 spiro atoms. The second-order valence-corrected chi connectivity index (χ2v) is 7.59. The van der Waals surface area contributed by atoms with Crippen LogP contribution in [0.25, 0.3) is 5.52 Å². The van der Waals surface area contributed by atoms with Gasteiger partial charge < -0.3 is 4.90 Å². The maximum absolute atomic E-state index is 14.2. The topological polar surface area (TPSA) is 51.3 Å². The highest BCUT2D eigenvalue weighted by molar-refractivity contribution is 5.59. The molecule has 8 heteroatoms. The molecule has 0 aromatic carbocycles. The van der Waals surface area contributed by atoms with Crippen LogP contribution < -0.4 is 4.90 Å². The van der Waals surface area contributed by atoms with Gasteiger partial charge in [-0.1, -0.05) is 24.4 Å². The molecule has 4 aromatic heterocycles. The summed E-state index contributed by atoms with van der Waals surface area (Å²) in [5.74, 6) is 0.548. The van der Waals surface area contributed by atoms with Crippen LogP contribution in [0, 0.1) is 5.82 Å². The Bertz CT molecular complexity index is 1180. The maximum atomic E-state index is 14.2. The van der Waals surface area contributed by atoms with Crippen molar-refractivity contribution in [2.24, 2.45) is 0 Å². The van der Waals surface area contributed by atoms with Crippen LogP contribution in [0.4, 0.5) is 14.7 Å². The third-order valence-corrected chi connectivity index (χ3v) is 5.47. The lowest BCUT2D eigenvalue weighted by Gasteiger charge is -2.34. The van der Waals surface area contributed by atoms with Gasteiger partial charge in [-0.05, 0) is 35.7 Å². The van der Waals surface area contributed by atoms with E-state index in [0.717, 1.165) is 11.2 Å². The van der Waals surface area contributed by atoms with Crippen LogP contribution in [0.5, 0.6) is 0 Å². The molecule has 0 saturated heterocycles. The Morgan fingerprint density at radius 3 is 2.79 bits per heavy atom. The first kappa shape index (κ1) is 17.8. The summed E-state index contributed by atoms with van der Waals surface area (Å²) in [4.78, 5) is 11.2. The van der Waals surface area contributed by atoms with E-state index < -0.39 is 11.9 Å². The predicted octanol–water partition coefficient (Wildman–Crippen LogP) is 4.07. The van der Waals surface area contributed by atoms with Crippen LogP contribution in [0.3, 0.4) is 0 Å². The molecular formula is C21H20F2N6. The van der Waals surface area contributed by atoms with Gasteiger partial charge in [0.25, 0.3) is 0 Å². The molecule has 0 aliphatic carbocycles. The number of halogens is 2. The van der Waals surface area contributed by atoms with Crippen LogP contribution in [0.15, 0.2) is 49.1 Å². The highest BCUT2D eigenvalue weighted by Crippen LogP contribution is 2.37. The Kier molecular flexibility index (Phi) is 4.08. The second-order valence-electron chi connectivity index (χ2n) is 7.59. The van der Waals surface area contributed by atoms with Gasteiger partial charge in [-0.2, -0.15) is 9.89 Å². The molecule has 4 aromatic rings. The van der Waals surface area contributed by atoms with Gasteiger partial charge >= 0.3 is 0 Å². The van der Waals surface area contributed by atoms with Crippen LogP contribution in [-0.4, -0.2) is 30.9 Å². The normalized spacial score (nSPS) is 16.6. The van der Waals surface area contributed by atoms with Crippen molar-refractivity contribution in [1.29, 1.82) is 0 Å². The first-order chi connectivity index (χ1) is 14.0. The van der Waals surface area contributed by atoms with Gasteiger partial charge in [0.05, 0.1) is 28.8 Å². The molecule has 0 N–H and O–H groups in total. The molecule has 1 aliphatic rings. The zero-order chi connectivity index (χ0) is 20.1. The number of pyridine rings is 2. The number of hydrogen-bond acceptors (Lipinski definition) is 4. The number of hydrogen-bond donors (Lipinski definition) is 0. The van der Waals surface area contributed by atoms with Gasteiger partial charge in [-0.15, -0.1) is 0 Å². The van der Waals surface area contributed by atoms with Crippen LogP contribution >= 0.6 is 0 Å². The Hall–Kier alpha value is -3.29. The third-order valence-electron chi connectivity index (χ3n) is 5.47. The molecule has 0 amide bonds. The summed E-state index contributed by atoms with van der Waals surface area (Å²) in [7, 11) is 0. The number of aromatic nitrogens is 5. The van der Waals surface area contributed by atoms with E-state index in [1.54, 1.807) is 6.07 Å². The van der Waals surface area contributed by atoms with Gasteiger partial charge in [0.2, 0.25) is 0 Å². The monoisotopic (exact) mass is 394 g/mol. The van der Waals surface area contributed by atoms with Gasteiger partial charge in [0, 0.05) is 19.2 Å². The quantitative estimate of drug-likeness (QED) is 0.526. The van der Waals surface area contributed by atoms with Crippen LogP contribution in [0.1, 0.15) is 48.5 Å². The molecule has 148 valence electrons. The Labute approximate surface area is 166 Å². The Balaban J connectivity index is 1.69. The first-order valence-electron chi connectivity index (χ1n) is 9.61. The van der Waals surface area contributed by atoms with Gasteiger partial charge in [-0.3, -0.25) is 0 Å². The third kappa shape index (κ3) is 2.86. The SMILES string of the molecule is CC(C)c1cccn2nc([C@@H]3c4ncn(F)c4CCN3c3ccc(F)cn3)cc12. The van der Waals surface area contributed by atoms with Gasteiger partial charge in [-0.25, -0.2) is 18.9 Å². The number of anilines is 1. The van der Waals surface area contributed by atoms with E-state index in [0.29, 0.717) is 40.9 Å². The lowest BCUT2D eigenvalue weighted by Crippen LogP contribution is -2.37. The summed E-state index contributed by atoms with van der Waals surface area (Å²) in [6, 6.07) is 8.70. The van der Waals surface area contributed by atoms with Crippen molar-refractivity contribution in [2.45, 2.75) is 32.2 Å². The van der Waals surface area contributed by atoms with Crippen molar-refractivity contribution in [3.63, 3.8) is 0 Å². The summed E-state index contributed by atoms with van der Waals surface area (Å²) in [6.45, 7) is 4.80. The van der Waals surface area contributed by atoms with E-state index >= 15 is 0 Å². The van der Waals surface area contributed by atoms with Crippen molar-refractivity contribution >= 4 is 11.3 Å². The van der Waals surface area contributed by atoms with E-state index in [9.17, 15) is 8.87 Å². The van der Waals surface area contributed by atoms with Gasteiger partial charge in [0.15, 0.2) is 0 Å². The smallest absolute Gasteiger partial charge is 0.141 e. The minimum Gasteiger partial charge on any atom is -0.342 e. The maximum Gasteiger partial charge on any atom is 0.141 e. The zero-order valence-corrected chi connectivity index (χ0v) is 16.1. The molecule has 0 fully saturated rings. The summed E-state index contributed by atoms with van der Waals surface area (Å²) in [5.41, 5.74) is 4.10. The first-order valence-corrected chi connectivity index (χ1v) is 9.61. The van der Waals surface area contributed by atoms with Crippen molar-refractivity contribution in [2.75, 3.05) is 11.4 Å². The van der Waals surface area contributed by atoms with E-state index in [1.165, 1.54) is 24.2 Å². The summed E-state index contributed by atoms with van der Waals surface area (Å²) >= 11 is 0. The van der Waals surface area contributed by atoms with Crippen molar-refractivity contribution in [3.8, 4) is 0 Å². The fourth-order valence-electron chi connectivity index (χ4n) is 4.10. The fourth-order valence-corrected chi connectivity index (χ4v) is 4.10. The molecule has 1 atom stereocenters. The fraction of sp³-hybridized carbons (Fsp3) is 0.286. The number of rotatable bonds is 3. The molecule has 5 heterocycles. The van der Waals surface area contributed by atoms with E-state index in [4.69, 9.17) is 5.10 Å². The minimum atomic E-state index is -0.409. The molecule has 29 heavy (non-hydrogen) atoms. The highest BCUT2D eigenvalue weighted by atomic mass is 19.2. The molecule has 1 aliphatic heterocycles.